The zero-order chi connectivity index (χ0) is 16.8. The second kappa shape index (κ2) is 7.52. The summed E-state index contributed by atoms with van der Waals surface area (Å²) in [6, 6.07) is 5.30. The Bertz CT molecular complexity index is 669. The van der Waals surface area contributed by atoms with Gasteiger partial charge in [0.05, 0.1) is 24.0 Å². The van der Waals surface area contributed by atoms with Crippen LogP contribution in [0.4, 0.5) is 5.69 Å². The minimum atomic E-state index is -3.93. The van der Waals surface area contributed by atoms with Crippen molar-refractivity contribution in [3.63, 3.8) is 0 Å². The largest absolute Gasteiger partial charge is 0.548 e. The standard InChI is InChI=1S/C12H15N3O6S/c1-8(16)15-9-2-4-10(5-3-9)22(20,21)14-6-11(17)13-7-12(18)19/h2-5,14H,6-7H2,1H3,(H,13,17)(H,15,16)(H,18,19)/p-1. The maximum absolute atomic E-state index is 11.9. The van der Waals surface area contributed by atoms with E-state index in [9.17, 15) is 27.9 Å². The van der Waals surface area contributed by atoms with Crippen LogP contribution in [0.25, 0.3) is 0 Å². The van der Waals surface area contributed by atoms with Crippen LogP contribution in [0.5, 0.6) is 0 Å². The molecule has 0 aliphatic rings. The molecule has 10 heteroatoms. The highest BCUT2D eigenvalue weighted by molar-refractivity contribution is 7.89. The van der Waals surface area contributed by atoms with Gasteiger partial charge in [-0.25, -0.2) is 13.1 Å². The van der Waals surface area contributed by atoms with E-state index in [1.54, 1.807) is 0 Å². The fourth-order valence-electron chi connectivity index (χ4n) is 1.40. The Kier molecular flexibility index (Phi) is 6.01. The second-order valence-corrected chi connectivity index (χ2v) is 5.95. The summed E-state index contributed by atoms with van der Waals surface area (Å²) in [7, 11) is -3.93. The molecule has 0 spiro atoms. The lowest BCUT2D eigenvalue weighted by Gasteiger charge is -2.09. The number of carboxylic acids is 1. The molecule has 0 aliphatic carbocycles. The van der Waals surface area contributed by atoms with Crippen molar-refractivity contribution in [1.82, 2.24) is 10.0 Å². The van der Waals surface area contributed by atoms with Crippen LogP contribution in [0.1, 0.15) is 6.92 Å². The van der Waals surface area contributed by atoms with Gasteiger partial charge in [-0.15, -0.1) is 0 Å². The van der Waals surface area contributed by atoms with E-state index in [4.69, 9.17) is 0 Å². The predicted molar refractivity (Wildman–Crippen MR) is 74.0 cm³/mol. The van der Waals surface area contributed by atoms with Crippen molar-refractivity contribution < 1.29 is 27.9 Å². The van der Waals surface area contributed by atoms with Crippen molar-refractivity contribution in [3.05, 3.63) is 24.3 Å². The summed E-state index contributed by atoms with van der Waals surface area (Å²) in [6.45, 7) is 0.00645. The molecule has 1 rings (SSSR count). The molecule has 1 aromatic carbocycles. The Morgan fingerprint density at radius 3 is 2.18 bits per heavy atom. The summed E-state index contributed by atoms with van der Waals surface area (Å²) in [5.41, 5.74) is 0.429. The first-order chi connectivity index (χ1) is 10.2. The molecule has 0 unspecified atom stereocenters. The van der Waals surface area contributed by atoms with Crippen LogP contribution in [-0.2, 0) is 24.4 Å². The number of carbonyl (C=O) groups is 3. The summed E-state index contributed by atoms with van der Waals surface area (Å²) in [5, 5.41) is 14.6. The molecule has 22 heavy (non-hydrogen) atoms. The van der Waals surface area contributed by atoms with Crippen LogP contribution < -0.4 is 20.5 Å². The third-order valence-electron chi connectivity index (χ3n) is 2.34. The number of nitrogens with one attached hydrogen (secondary N) is 3. The molecular formula is C12H14N3O6S-. The van der Waals surface area contributed by atoms with Crippen LogP contribution in [-0.4, -0.2) is 39.3 Å². The van der Waals surface area contributed by atoms with Gasteiger partial charge in [0, 0.05) is 12.6 Å². The molecule has 0 heterocycles. The van der Waals surface area contributed by atoms with Crippen LogP contribution in [0.3, 0.4) is 0 Å². The van der Waals surface area contributed by atoms with Crippen molar-refractivity contribution in [1.29, 1.82) is 0 Å². The van der Waals surface area contributed by atoms with E-state index >= 15 is 0 Å². The summed E-state index contributed by atoms with van der Waals surface area (Å²) < 4.78 is 25.8. The van der Waals surface area contributed by atoms with E-state index in [1.807, 2.05) is 10.0 Å². The minimum Gasteiger partial charge on any atom is -0.548 e. The van der Waals surface area contributed by atoms with Gasteiger partial charge in [-0.1, -0.05) is 0 Å². The van der Waals surface area contributed by atoms with Crippen molar-refractivity contribution in [2.24, 2.45) is 0 Å². The Labute approximate surface area is 126 Å². The topological polar surface area (TPSA) is 144 Å². The lowest BCUT2D eigenvalue weighted by molar-refractivity contribution is -0.304. The van der Waals surface area contributed by atoms with Gasteiger partial charge < -0.3 is 20.5 Å². The van der Waals surface area contributed by atoms with Gasteiger partial charge in [0.2, 0.25) is 21.8 Å². The molecule has 2 amide bonds. The Morgan fingerprint density at radius 1 is 1.09 bits per heavy atom. The zero-order valence-electron chi connectivity index (χ0n) is 11.6. The SMILES string of the molecule is CC(=O)Nc1ccc(S(=O)(=O)NCC(=O)NCC(=O)[O-])cc1. The molecule has 9 nitrogen and oxygen atoms in total. The summed E-state index contributed by atoms with van der Waals surface area (Å²) in [6.07, 6.45) is 0. The number of sulfonamides is 1. The normalized spacial score (nSPS) is 10.8. The molecule has 0 aromatic heterocycles. The lowest BCUT2D eigenvalue weighted by Crippen LogP contribution is -2.42. The molecule has 3 N–H and O–H groups in total. The number of aliphatic carboxylic acids is 1. The third kappa shape index (κ3) is 5.89. The fourth-order valence-corrected chi connectivity index (χ4v) is 2.38. The predicted octanol–water partition coefficient (Wildman–Crippen LogP) is -2.21. The Balaban J connectivity index is 2.64. The van der Waals surface area contributed by atoms with Gasteiger partial charge >= 0.3 is 0 Å². The van der Waals surface area contributed by atoms with Crippen LogP contribution in [0.2, 0.25) is 0 Å². The molecule has 0 aliphatic heterocycles. The first kappa shape index (κ1) is 17.6. The van der Waals surface area contributed by atoms with E-state index in [2.05, 4.69) is 5.32 Å². The van der Waals surface area contributed by atoms with Crippen molar-refractivity contribution in [2.75, 3.05) is 18.4 Å². The highest BCUT2D eigenvalue weighted by atomic mass is 32.2. The highest BCUT2D eigenvalue weighted by Crippen LogP contribution is 2.13. The highest BCUT2D eigenvalue weighted by Gasteiger charge is 2.15. The monoisotopic (exact) mass is 328 g/mol. The number of rotatable bonds is 7. The molecule has 0 saturated heterocycles. The first-order valence-corrected chi connectivity index (χ1v) is 7.53. The van der Waals surface area contributed by atoms with Gasteiger partial charge in [-0.05, 0) is 24.3 Å². The third-order valence-corrected chi connectivity index (χ3v) is 3.75. The van der Waals surface area contributed by atoms with Gasteiger partial charge in [-0.2, -0.15) is 0 Å². The van der Waals surface area contributed by atoms with Gasteiger partial charge in [0.15, 0.2) is 0 Å². The van der Waals surface area contributed by atoms with E-state index in [1.165, 1.54) is 31.2 Å². The molecule has 0 fully saturated rings. The molecule has 0 radical (unpaired) electrons. The number of amides is 2. The fraction of sp³-hybridized carbons (Fsp3) is 0.250. The zero-order valence-corrected chi connectivity index (χ0v) is 12.4. The van der Waals surface area contributed by atoms with Crippen LogP contribution >= 0.6 is 0 Å². The Morgan fingerprint density at radius 2 is 1.68 bits per heavy atom. The van der Waals surface area contributed by atoms with E-state index in [0.717, 1.165) is 0 Å². The van der Waals surface area contributed by atoms with Crippen molar-refractivity contribution >= 4 is 33.5 Å². The molecule has 120 valence electrons. The Hall–Kier alpha value is -2.46. The van der Waals surface area contributed by atoms with Crippen LogP contribution in [0.15, 0.2) is 29.2 Å². The van der Waals surface area contributed by atoms with Gasteiger partial charge in [0.1, 0.15) is 0 Å². The quantitative estimate of drug-likeness (QED) is 0.517. The number of anilines is 1. The summed E-state index contributed by atoms with van der Waals surface area (Å²) in [5.74, 6) is -2.58. The number of carboxylic acid groups (broad SMARTS) is 1. The molecule has 0 atom stereocenters. The average Bonchev–Trinajstić information content (AvgIpc) is 2.43. The minimum absolute atomic E-state index is 0.102. The van der Waals surface area contributed by atoms with E-state index in [0.29, 0.717) is 5.69 Å². The van der Waals surface area contributed by atoms with Crippen LogP contribution in [0, 0.1) is 0 Å². The van der Waals surface area contributed by atoms with Crippen molar-refractivity contribution in [2.45, 2.75) is 11.8 Å². The van der Waals surface area contributed by atoms with Gasteiger partial charge in [-0.3, -0.25) is 9.59 Å². The molecule has 1 aromatic rings. The first-order valence-electron chi connectivity index (χ1n) is 6.04. The summed E-state index contributed by atoms with van der Waals surface area (Å²) >= 11 is 0. The number of benzene rings is 1. The maximum atomic E-state index is 11.9. The van der Waals surface area contributed by atoms with E-state index < -0.39 is 35.0 Å². The number of hydrogen-bond acceptors (Lipinski definition) is 6. The van der Waals surface area contributed by atoms with Crippen molar-refractivity contribution in [3.8, 4) is 0 Å². The number of hydrogen-bond donors (Lipinski definition) is 3. The lowest BCUT2D eigenvalue weighted by atomic mass is 10.3. The average molecular weight is 328 g/mol. The maximum Gasteiger partial charge on any atom is 0.241 e. The number of carbonyl (C=O) groups excluding carboxylic acids is 3. The smallest absolute Gasteiger partial charge is 0.241 e. The molecular weight excluding hydrogens is 314 g/mol. The van der Waals surface area contributed by atoms with E-state index in [-0.39, 0.29) is 10.8 Å². The second-order valence-electron chi connectivity index (χ2n) is 4.18. The molecule has 0 saturated carbocycles. The summed E-state index contributed by atoms with van der Waals surface area (Å²) in [4.78, 5) is 32.1. The molecule has 0 bridgehead atoms. The van der Waals surface area contributed by atoms with Gasteiger partial charge in [0.25, 0.3) is 0 Å².